The topological polar surface area (TPSA) is 110 Å². The highest BCUT2D eigenvalue weighted by molar-refractivity contribution is 5.88. The van der Waals surface area contributed by atoms with Gasteiger partial charge in [0.05, 0.1) is 0 Å². The largest absolute Gasteiger partial charge is 0.504 e. The Morgan fingerprint density at radius 2 is 1.68 bits per heavy atom. The standard InChI is InChI=1S/C16H12O6/c17-10-2-1-8-13-9-4-12(19)11(18)3-7(9)5-16(13,21)6-22-15(8)14(10)20/h1-5,17-21H,6H2. The predicted molar refractivity (Wildman–Crippen MR) is 76.2 cm³/mol. The van der Waals surface area contributed by atoms with Gasteiger partial charge < -0.3 is 30.3 Å². The molecule has 6 heteroatoms. The smallest absolute Gasteiger partial charge is 0.201 e. The minimum absolute atomic E-state index is 0.0773. The van der Waals surface area contributed by atoms with Crippen molar-refractivity contribution in [1.82, 2.24) is 0 Å². The third kappa shape index (κ3) is 1.47. The summed E-state index contributed by atoms with van der Waals surface area (Å²) < 4.78 is 5.41. The van der Waals surface area contributed by atoms with Gasteiger partial charge in [-0.1, -0.05) is 0 Å². The van der Waals surface area contributed by atoms with E-state index in [1.807, 2.05) is 0 Å². The zero-order chi connectivity index (χ0) is 15.6. The highest BCUT2D eigenvalue weighted by atomic mass is 16.5. The lowest BCUT2D eigenvalue weighted by molar-refractivity contribution is 0.0912. The zero-order valence-electron chi connectivity index (χ0n) is 11.2. The number of aromatic hydroxyl groups is 4. The summed E-state index contributed by atoms with van der Waals surface area (Å²) in [5, 5.41) is 50.7. The molecule has 1 heterocycles. The fourth-order valence-electron chi connectivity index (χ4n) is 3.07. The van der Waals surface area contributed by atoms with E-state index in [0.717, 1.165) is 0 Å². The Labute approximate surface area is 124 Å². The Kier molecular flexibility index (Phi) is 2.26. The van der Waals surface area contributed by atoms with Gasteiger partial charge in [-0.05, 0) is 40.8 Å². The van der Waals surface area contributed by atoms with Crippen LogP contribution >= 0.6 is 0 Å². The first kappa shape index (κ1) is 12.8. The Hall–Kier alpha value is -2.86. The van der Waals surface area contributed by atoms with Crippen molar-refractivity contribution in [3.63, 3.8) is 0 Å². The van der Waals surface area contributed by atoms with E-state index in [0.29, 0.717) is 21.6 Å². The van der Waals surface area contributed by atoms with E-state index in [1.165, 1.54) is 30.3 Å². The van der Waals surface area contributed by atoms with Crippen molar-refractivity contribution in [2.45, 2.75) is 5.60 Å². The summed E-state index contributed by atoms with van der Waals surface area (Å²) in [5.41, 5.74) is -0.558. The second-order valence-electron chi connectivity index (χ2n) is 5.47. The monoisotopic (exact) mass is 300 g/mol. The number of ether oxygens (including phenoxy) is 1. The lowest BCUT2D eigenvalue weighted by Gasteiger charge is -2.32. The molecular formula is C16H12O6. The molecule has 6 nitrogen and oxygen atoms in total. The average molecular weight is 300 g/mol. The molecule has 112 valence electrons. The molecule has 1 aliphatic carbocycles. The molecule has 2 aliphatic rings. The molecule has 0 aromatic heterocycles. The molecule has 1 unspecified atom stereocenters. The summed E-state index contributed by atoms with van der Waals surface area (Å²) in [4.78, 5) is 0. The van der Waals surface area contributed by atoms with Gasteiger partial charge in [0.25, 0.3) is 0 Å². The number of benzene rings is 2. The molecule has 2 aromatic rings. The number of aliphatic hydroxyl groups is 1. The van der Waals surface area contributed by atoms with Gasteiger partial charge in [0.1, 0.15) is 12.2 Å². The zero-order valence-corrected chi connectivity index (χ0v) is 11.2. The molecule has 22 heavy (non-hydrogen) atoms. The fraction of sp³-hybridized carbons (Fsp3) is 0.125. The van der Waals surface area contributed by atoms with E-state index >= 15 is 0 Å². The number of rotatable bonds is 0. The molecule has 0 saturated carbocycles. The van der Waals surface area contributed by atoms with E-state index in [2.05, 4.69) is 0 Å². The molecule has 0 saturated heterocycles. The van der Waals surface area contributed by atoms with Gasteiger partial charge in [0.2, 0.25) is 5.75 Å². The van der Waals surface area contributed by atoms with Gasteiger partial charge in [-0.15, -0.1) is 0 Å². The van der Waals surface area contributed by atoms with Gasteiger partial charge in [-0.2, -0.15) is 0 Å². The summed E-state index contributed by atoms with van der Waals surface area (Å²) in [6.45, 7) is -0.150. The van der Waals surface area contributed by atoms with Gasteiger partial charge in [0.15, 0.2) is 23.0 Å². The van der Waals surface area contributed by atoms with Crippen LogP contribution in [-0.2, 0) is 0 Å². The summed E-state index contributed by atoms with van der Waals surface area (Å²) in [6, 6.07) is 5.53. The normalized spacial score (nSPS) is 21.4. The van der Waals surface area contributed by atoms with Crippen molar-refractivity contribution in [1.29, 1.82) is 0 Å². The van der Waals surface area contributed by atoms with Crippen LogP contribution in [0.25, 0.3) is 11.6 Å². The van der Waals surface area contributed by atoms with Crippen molar-refractivity contribution in [3.05, 3.63) is 40.3 Å². The maximum atomic E-state index is 10.8. The van der Waals surface area contributed by atoms with E-state index in [9.17, 15) is 25.5 Å². The first-order valence-electron chi connectivity index (χ1n) is 6.61. The highest BCUT2D eigenvalue weighted by Crippen LogP contribution is 2.47. The van der Waals surface area contributed by atoms with Gasteiger partial charge in [-0.25, -0.2) is 0 Å². The minimum atomic E-state index is -1.43. The molecule has 1 atom stereocenters. The molecule has 4 rings (SSSR count). The number of hydrogen-bond acceptors (Lipinski definition) is 6. The first-order chi connectivity index (χ1) is 10.4. The van der Waals surface area contributed by atoms with Crippen molar-refractivity contribution < 1.29 is 30.3 Å². The van der Waals surface area contributed by atoms with E-state index < -0.39 is 11.4 Å². The molecule has 0 fully saturated rings. The summed E-state index contributed by atoms with van der Waals surface area (Å²) in [7, 11) is 0. The van der Waals surface area contributed by atoms with Crippen LogP contribution in [0.2, 0.25) is 0 Å². The molecule has 0 amide bonds. The van der Waals surface area contributed by atoms with Gasteiger partial charge in [-0.3, -0.25) is 0 Å². The number of phenolic OH excluding ortho intramolecular Hbond substituents is 4. The van der Waals surface area contributed by atoms with Crippen molar-refractivity contribution in [3.8, 4) is 28.7 Å². The maximum Gasteiger partial charge on any atom is 0.201 e. The Morgan fingerprint density at radius 1 is 0.955 bits per heavy atom. The quantitative estimate of drug-likeness (QED) is 0.424. The Bertz CT molecular complexity index is 946. The molecule has 0 bridgehead atoms. The Balaban J connectivity index is 2.15. The van der Waals surface area contributed by atoms with Crippen molar-refractivity contribution >= 4 is 11.6 Å². The molecular weight excluding hydrogens is 288 g/mol. The van der Waals surface area contributed by atoms with Crippen LogP contribution in [0.5, 0.6) is 28.7 Å². The lowest BCUT2D eigenvalue weighted by Crippen LogP contribution is -2.38. The van der Waals surface area contributed by atoms with E-state index in [1.54, 1.807) is 0 Å². The van der Waals surface area contributed by atoms with Crippen LogP contribution in [0.4, 0.5) is 0 Å². The summed E-state index contributed by atoms with van der Waals surface area (Å²) in [6.07, 6.45) is 1.53. The Morgan fingerprint density at radius 3 is 2.45 bits per heavy atom. The van der Waals surface area contributed by atoms with Crippen LogP contribution in [0.1, 0.15) is 5.56 Å². The van der Waals surface area contributed by atoms with Crippen LogP contribution in [0.3, 0.4) is 0 Å². The average Bonchev–Trinajstić information content (AvgIpc) is 2.75. The second-order valence-corrected chi connectivity index (χ2v) is 5.47. The van der Waals surface area contributed by atoms with Crippen molar-refractivity contribution in [2.24, 2.45) is 0 Å². The van der Waals surface area contributed by atoms with E-state index in [4.69, 9.17) is 4.74 Å². The molecule has 0 spiro atoms. The third-order valence-corrected chi connectivity index (χ3v) is 4.06. The molecule has 2 aromatic carbocycles. The summed E-state index contributed by atoms with van der Waals surface area (Å²) >= 11 is 0. The van der Waals surface area contributed by atoms with E-state index in [-0.39, 0.29) is 29.6 Å². The maximum absolute atomic E-state index is 10.8. The van der Waals surface area contributed by atoms with Gasteiger partial charge >= 0.3 is 0 Å². The third-order valence-electron chi connectivity index (χ3n) is 4.06. The number of phenols is 4. The minimum Gasteiger partial charge on any atom is -0.504 e. The molecule has 5 N–H and O–H groups in total. The first-order valence-corrected chi connectivity index (χ1v) is 6.61. The molecule has 1 aliphatic heterocycles. The SMILES string of the molecule is Oc1cc2c(cc1O)=C1c3ccc(O)c(O)c3OCC1(O)C=2. The fourth-order valence-corrected chi connectivity index (χ4v) is 3.07. The number of fused-ring (bicyclic) bond motifs is 4. The second kappa shape index (κ2) is 3.86. The highest BCUT2D eigenvalue weighted by Gasteiger charge is 2.41. The lowest BCUT2D eigenvalue weighted by atomic mass is 9.87. The van der Waals surface area contributed by atoms with Crippen LogP contribution < -0.4 is 15.2 Å². The summed E-state index contributed by atoms with van der Waals surface area (Å²) in [5.74, 6) is -1.23. The van der Waals surface area contributed by atoms with Crippen LogP contribution in [0.15, 0.2) is 24.3 Å². The molecule has 0 radical (unpaired) electrons. The van der Waals surface area contributed by atoms with Gasteiger partial charge in [0, 0.05) is 11.1 Å². The number of hydrogen-bond donors (Lipinski definition) is 5. The predicted octanol–water partition coefficient (Wildman–Crippen LogP) is -0.374. The van der Waals surface area contributed by atoms with Crippen LogP contribution in [-0.4, -0.2) is 37.7 Å². The van der Waals surface area contributed by atoms with Crippen molar-refractivity contribution in [2.75, 3.05) is 6.61 Å². The van der Waals surface area contributed by atoms with Crippen LogP contribution in [0, 0.1) is 0 Å².